The third-order valence-corrected chi connectivity index (χ3v) is 4.98. The summed E-state index contributed by atoms with van der Waals surface area (Å²) in [4.78, 5) is 4.84. The topological polar surface area (TPSA) is 6.48 Å². The molecule has 2 fully saturated rings. The zero-order valence-electron chi connectivity index (χ0n) is 9.73. The molecule has 0 N–H and O–H groups in total. The first-order chi connectivity index (χ1) is 7.81. The van der Waals surface area contributed by atoms with Crippen LogP contribution in [-0.4, -0.2) is 39.3 Å². The fourth-order valence-corrected chi connectivity index (χ4v) is 3.68. The molecule has 2 aliphatic rings. The third kappa shape index (κ3) is 2.99. The van der Waals surface area contributed by atoms with Crippen LogP contribution < -0.4 is 0 Å². The van der Waals surface area contributed by atoms with Crippen molar-refractivity contribution < 1.29 is 0 Å². The molecule has 0 aromatic carbocycles. The molecule has 90 valence electrons. The van der Waals surface area contributed by atoms with Gasteiger partial charge in [0.15, 0.2) is 0 Å². The highest BCUT2D eigenvalue weighted by Gasteiger charge is 2.27. The lowest BCUT2D eigenvalue weighted by Gasteiger charge is -2.41. The Morgan fingerprint density at radius 2 is 2.12 bits per heavy atom. The zero-order chi connectivity index (χ0) is 11.4. The van der Waals surface area contributed by atoms with Crippen LogP contribution >= 0.6 is 24.0 Å². The minimum Gasteiger partial charge on any atom is -0.341 e. The van der Waals surface area contributed by atoms with Crippen LogP contribution in [0.15, 0.2) is 12.7 Å². The average Bonchev–Trinajstić information content (AvgIpc) is 2.33. The number of thiocarbonyl (C=S) groups is 1. The SMILES string of the molecule is C=CCN1CN(C2CCCCC2)CSC1=S. The molecule has 0 amide bonds. The number of hydrogen-bond donors (Lipinski definition) is 0. The second kappa shape index (κ2) is 6.03. The number of thioether (sulfide) groups is 1. The van der Waals surface area contributed by atoms with Crippen LogP contribution in [0.25, 0.3) is 0 Å². The summed E-state index contributed by atoms with van der Waals surface area (Å²) < 4.78 is 1.03. The number of hydrogen-bond acceptors (Lipinski definition) is 3. The van der Waals surface area contributed by atoms with E-state index in [0.29, 0.717) is 0 Å². The van der Waals surface area contributed by atoms with Gasteiger partial charge >= 0.3 is 0 Å². The van der Waals surface area contributed by atoms with Crippen molar-refractivity contribution in [3.63, 3.8) is 0 Å². The van der Waals surface area contributed by atoms with Crippen LogP contribution in [0.5, 0.6) is 0 Å². The molecule has 0 radical (unpaired) electrons. The van der Waals surface area contributed by atoms with E-state index in [1.54, 1.807) is 11.8 Å². The molecule has 0 bridgehead atoms. The molecule has 16 heavy (non-hydrogen) atoms. The monoisotopic (exact) mass is 256 g/mol. The third-order valence-electron chi connectivity index (χ3n) is 3.40. The van der Waals surface area contributed by atoms with Crippen molar-refractivity contribution in [2.75, 3.05) is 19.1 Å². The predicted octanol–water partition coefficient (Wildman–Crippen LogP) is 3.06. The largest absolute Gasteiger partial charge is 0.341 e. The molecule has 2 rings (SSSR count). The standard InChI is InChI=1S/C12H20N2S2/c1-2-8-13-9-14(10-16-12(13)15)11-6-4-3-5-7-11/h2,11H,1,3-10H2. The van der Waals surface area contributed by atoms with Crippen LogP contribution in [0.1, 0.15) is 32.1 Å². The molecule has 1 heterocycles. The minimum absolute atomic E-state index is 0.789. The first-order valence-corrected chi connectivity index (χ1v) is 7.47. The molecular weight excluding hydrogens is 236 g/mol. The lowest BCUT2D eigenvalue weighted by molar-refractivity contribution is 0.132. The average molecular weight is 256 g/mol. The molecular formula is C12H20N2S2. The van der Waals surface area contributed by atoms with Crippen LogP contribution in [0.3, 0.4) is 0 Å². The van der Waals surface area contributed by atoms with E-state index in [2.05, 4.69) is 16.4 Å². The highest BCUT2D eigenvalue weighted by molar-refractivity contribution is 8.22. The van der Waals surface area contributed by atoms with E-state index in [0.717, 1.165) is 29.5 Å². The Kier molecular flexibility index (Phi) is 4.67. The zero-order valence-corrected chi connectivity index (χ0v) is 11.4. The van der Waals surface area contributed by atoms with Crippen molar-refractivity contribution in [3.8, 4) is 0 Å². The van der Waals surface area contributed by atoms with Gasteiger partial charge in [-0.25, -0.2) is 0 Å². The van der Waals surface area contributed by atoms with E-state index < -0.39 is 0 Å². The van der Waals surface area contributed by atoms with Gasteiger partial charge in [-0.2, -0.15) is 0 Å². The van der Waals surface area contributed by atoms with Crippen molar-refractivity contribution >= 4 is 28.3 Å². The van der Waals surface area contributed by atoms with Crippen LogP contribution in [-0.2, 0) is 0 Å². The lowest BCUT2D eigenvalue weighted by atomic mass is 9.95. The Morgan fingerprint density at radius 3 is 2.81 bits per heavy atom. The molecule has 1 saturated carbocycles. The quantitative estimate of drug-likeness (QED) is 0.565. The summed E-state index contributed by atoms with van der Waals surface area (Å²) in [6, 6.07) is 0.789. The predicted molar refractivity (Wildman–Crippen MR) is 75.5 cm³/mol. The van der Waals surface area contributed by atoms with Crippen LogP contribution in [0.2, 0.25) is 0 Å². The van der Waals surface area contributed by atoms with Gasteiger partial charge in [0.25, 0.3) is 0 Å². The summed E-state index contributed by atoms with van der Waals surface area (Å²) in [5.74, 6) is 1.08. The molecule has 0 atom stereocenters. The molecule has 0 spiro atoms. The summed E-state index contributed by atoms with van der Waals surface area (Å²) in [5.41, 5.74) is 0. The Bertz CT molecular complexity index is 262. The van der Waals surface area contributed by atoms with Gasteiger partial charge in [0.05, 0.1) is 12.5 Å². The van der Waals surface area contributed by atoms with Crippen molar-refractivity contribution in [1.82, 2.24) is 9.80 Å². The van der Waals surface area contributed by atoms with Crippen molar-refractivity contribution in [2.45, 2.75) is 38.1 Å². The highest BCUT2D eigenvalue weighted by atomic mass is 32.2. The molecule has 1 aliphatic heterocycles. The Balaban J connectivity index is 1.90. The van der Waals surface area contributed by atoms with Gasteiger partial charge in [0.2, 0.25) is 0 Å². The molecule has 0 unspecified atom stereocenters. The van der Waals surface area contributed by atoms with Crippen LogP contribution in [0, 0.1) is 0 Å². The van der Waals surface area contributed by atoms with E-state index >= 15 is 0 Å². The minimum atomic E-state index is 0.789. The van der Waals surface area contributed by atoms with E-state index in [1.165, 1.54) is 32.1 Å². The van der Waals surface area contributed by atoms with E-state index in [9.17, 15) is 0 Å². The van der Waals surface area contributed by atoms with Gasteiger partial charge in [-0.1, -0.05) is 49.3 Å². The van der Waals surface area contributed by atoms with Crippen LogP contribution in [0.4, 0.5) is 0 Å². The maximum Gasteiger partial charge on any atom is 0.138 e. The molecule has 0 aromatic rings. The molecule has 1 saturated heterocycles. The Hall–Kier alpha value is -0.0600. The van der Waals surface area contributed by atoms with Crippen molar-refractivity contribution in [1.29, 1.82) is 0 Å². The first kappa shape index (κ1) is 12.4. The van der Waals surface area contributed by atoms with Gasteiger partial charge in [-0.05, 0) is 12.8 Å². The lowest BCUT2D eigenvalue weighted by Crippen LogP contribution is -2.49. The van der Waals surface area contributed by atoms with Gasteiger partial charge in [0, 0.05) is 12.6 Å². The van der Waals surface area contributed by atoms with Gasteiger partial charge in [-0.3, -0.25) is 4.90 Å². The molecule has 2 nitrogen and oxygen atoms in total. The van der Waals surface area contributed by atoms with E-state index in [1.807, 2.05) is 6.08 Å². The second-order valence-electron chi connectivity index (χ2n) is 4.57. The van der Waals surface area contributed by atoms with Crippen molar-refractivity contribution in [2.24, 2.45) is 0 Å². The molecule has 4 heteroatoms. The fraction of sp³-hybridized carbons (Fsp3) is 0.750. The Labute approximate surface area is 108 Å². The molecule has 0 aromatic heterocycles. The summed E-state index contributed by atoms with van der Waals surface area (Å²) in [6.07, 6.45) is 8.91. The van der Waals surface area contributed by atoms with E-state index in [-0.39, 0.29) is 0 Å². The maximum atomic E-state index is 5.36. The van der Waals surface area contributed by atoms with Gasteiger partial charge in [-0.15, -0.1) is 6.58 Å². The summed E-state index contributed by atoms with van der Waals surface area (Å²) in [7, 11) is 0. The normalized spacial score (nSPS) is 24.8. The summed E-state index contributed by atoms with van der Waals surface area (Å²) >= 11 is 7.16. The summed E-state index contributed by atoms with van der Waals surface area (Å²) in [5, 5.41) is 0. The summed E-state index contributed by atoms with van der Waals surface area (Å²) in [6.45, 7) is 5.68. The van der Waals surface area contributed by atoms with Gasteiger partial charge in [0.1, 0.15) is 4.32 Å². The van der Waals surface area contributed by atoms with Crippen molar-refractivity contribution in [3.05, 3.63) is 12.7 Å². The maximum absolute atomic E-state index is 5.36. The highest BCUT2D eigenvalue weighted by Crippen LogP contribution is 2.27. The Morgan fingerprint density at radius 1 is 1.38 bits per heavy atom. The smallest absolute Gasteiger partial charge is 0.138 e. The van der Waals surface area contributed by atoms with Gasteiger partial charge < -0.3 is 4.90 Å². The fourth-order valence-electron chi connectivity index (χ4n) is 2.50. The number of rotatable bonds is 3. The second-order valence-corrected chi connectivity index (χ2v) is 6.15. The first-order valence-electron chi connectivity index (χ1n) is 6.08. The molecule has 1 aliphatic carbocycles. The number of nitrogens with zero attached hydrogens (tertiary/aromatic N) is 2. The van der Waals surface area contributed by atoms with E-state index in [4.69, 9.17) is 12.2 Å².